The summed E-state index contributed by atoms with van der Waals surface area (Å²) in [5, 5.41) is 14.4. The Morgan fingerprint density at radius 1 is 1.29 bits per heavy atom. The molecule has 0 unspecified atom stereocenters. The minimum atomic E-state index is -0.851. The molecule has 1 saturated carbocycles. The molecule has 1 aliphatic rings. The van der Waals surface area contributed by atoms with Gasteiger partial charge < -0.3 is 15.7 Å². The molecule has 5 heteroatoms. The van der Waals surface area contributed by atoms with Gasteiger partial charge in [-0.2, -0.15) is 0 Å². The lowest BCUT2D eigenvalue weighted by molar-refractivity contribution is -0.139. The summed E-state index contributed by atoms with van der Waals surface area (Å²) < 4.78 is 0. The lowest BCUT2D eigenvalue weighted by atomic mass is 9.74. The molecule has 0 heterocycles. The van der Waals surface area contributed by atoms with E-state index in [1.54, 1.807) is 0 Å². The van der Waals surface area contributed by atoms with Gasteiger partial charge in [-0.3, -0.25) is 4.79 Å². The van der Waals surface area contributed by atoms with Crippen LogP contribution in [0.25, 0.3) is 0 Å². The van der Waals surface area contributed by atoms with Crippen LogP contribution in [-0.2, 0) is 4.79 Å². The molecule has 17 heavy (non-hydrogen) atoms. The highest BCUT2D eigenvalue weighted by atomic mass is 16.4. The first kappa shape index (κ1) is 13.8. The van der Waals surface area contributed by atoms with Gasteiger partial charge in [0.1, 0.15) is 0 Å². The number of hydrogen-bond donors (Lipinski definition) is 3. The van der Waals surface area contributed by atoms with Gasteiger partial charge in [0.25, 0.3) is 0 Å². The molecule has 0 aromatic carbocycles. The van der Waals surface area contributed by atoms with E-state index in [4.69, 9.17) is 5.11 Å². The van der Waals surface area contributed by atoms with E-state index >= 15 is 0 Å². The van der Waals surface area contributed by atoms with E-state index in [9.17, 15) is 9.59 Å². The van der Waals surface area contributed by atoms with Crippen LogP contribution in [0.5, 0.6) is 0 Å². The summed E-state index contributed by atoms with van der Waals surface area (Å²) >= 11 is 0. The maximum atomic E-state index is 11.6. The van der Waals surface area contributed by atoms with Crippen molar-refractivity contribution in [1.82, 2.24) is 10.6 Å². The Bertz CT molecular complexity index is 275. The second-order valence-electron chi connectivity index (χ2n) is 4.79. The van der Waals surface area contributed by atoms with Crippen molar-refractivity contribution < 1.29 is 14.7 Å². The maximum absolute atomic E-state index is 11.6. The Labute approximate surface area is 102 Å². The van der Waals surface area contributed by atoms with Crippen LogP contribution < -0.4 is 10.6 Å². The van der Waals surface area contributed by atoms with Gasteiger partial charge >= 0.3 is 12.0 Å². The average molecular weight is 242 g/mol. The zero-order valence-electron chi connectivity index (χ0n) is 10.4. The van der Waals surface area contributed by atoms with Gasteiger partial charge in [0.05, 0.1) is 12.0 Å². The molecule has 0 bridgehead atoms. The van der Waals surface area contributed by atoms with Gasteiger partial charge in [0, 0.05) is 6.54 Å². The second kappa shape index (κ2) is 6.47. The van der Waals surface area contributed by atoms with Crippen LogP contribution in [0.4, 0.5) is 4.79 Å². The SMILES string of the molecule is CCCCCNC(=O)NC1(CC(=O)O)CCC1. The lowest BCUT2D eigenvalue weighted by Gasteiger charge is -2.41. The zero-order chi connectivity index (χ0) is 12.7. The fourth-order valence-electron chi connectivity index (χ4n) is 2.10. The molecule has 3 N–H and O–H groups in total. The topological polar surface area (TPSA) is 78.4 Å². The fraction of sp³-hybridized carbons (Fsp3) is 0.833. The quantitative estimate of drug-likeness (QED) is 0.596. The monoisotopic (exact) mass is 242 g/mol. The predicted molar refractivity (Wildman–Crippen MR) is 64.9 cm³/mol. The van der Waals surface area contributed by atoms with Crippen LogP contribution in [0.2, 0.25) is 0 Å². The van der Waals surface area contributed by atoms with Gasteiger partial charge in [0.2, 0.25) is 0 Å². The standard InChI is InChI=1S/C12H22N2O3/c1-2-3-4-8-13-11(17)14-12(6-5-7-12)9-10(15)16/h2-9H2,1H3,(H,15,16)(H2,13,14,17). The van der Waals surface area contributed by atoms with Crippen molar-refractivity contribution in [3.05, 3.63) is 0 Å². The number of nitrogens with one attached hydrogen (secondary N) is 2. The number of carbonyl (C=O) groups is 2. The minimum Gasteiger partial charge on any atom is -0.481 e. The molecule has 1 rings (SSSR count). The number of hydrogen-bond acceptors (Lipinski definition) is 2. The predicted octanol–water partition coefficient (Wildman–Crippen LogP) is 1.87. The highest BCUT2D eigenvalue weighted by Crippen LogP contribution is 2.34. The van der Waals surface area contributed by atoms with Crippen molar-refractivity contribution >= 4 is 12.0 Å². The molecule has 1 aliphatic carbocycles. The molecule has 0 saturated heterocycles. The second-order valence-corrected chi connectivity index (χ2v) is 4.79. The third kappa shape index (κ3) is 4.63. The summed E-state index contributed by atoms with van der Waals surface area (Å²) in [7, 11) is 0. The third-order valence-electron chi connectivity index (χ3n) is 3.24. The Balaban J connectivity index is 2.25. The lowest BCUT2D eigenvalue weighted by Crippen LogP contribution is -2.57. The Hall–Kier alpha value is -1.26. The molecular formula is C12H22N2O3. The minimum absolute atomic E-state index is 0.0232. The highest BCUT2D eigenvalue weighted by Gasteiger charge is 2.40. The van der Waals surface area contributed by atoms with E-state index in [-0.39, 0.29) is 12.5 Å². The summed E-state index contributed by atoms with van der Waals surface area (Å²) in [4.78, 5) is 22.3. The molecule has 1 fully saturated rings. The number of rotatable bonds is 7. The van der Waals surface area contributed by atoms with E-state index in [1.807, 2.05) is 0 Å². The Kier molecular flexibility index (Phi) is 5.25. The molecule has 0 aromatic rings. The molecular weight excluding hydrogens is 220 g/mol. The van der Waals surface area contributed by atoms with E-state index in [0.29, 0.717) is 6.54 Å². The van der Waals surface area contributed by atoms with Crippen LogP contribution in [0.15, 0.2) is 0 Å². The maximum Gasteiger partial charge on any atom is 0.315 e. The first-order chi connectivity index (χ1) is 8.08. The van der Waals surface area contributed by atoms with Crippen LogP contribution in [0.3, 0.4) is 0 Å². The van der Waals surface area contributed by atoms with Crippen molar-refractivity contribution in [3.63, 3.8) is 0 Å². The molecule has 0 spiro atoms. The van der Waals surface area contributed by atoms with Crippen molar-refractivity contribution in [2.75, 3.05) is 6.54 Å². The number of carboxylic acid groups (broad SMARTS) is 1. The van der Waals surface area contributed by atoms with Crippen LogP contribution >= 0.6 is 0 Å². The molecule has 0 radical (unpaired) electrons. The van der Waals surface area contributed by atoms with Crippen molar-refractivity contribution in [3.8, 4) is 0 Å². The van der Waals surface area contributed by atoms with Crippen LogP contribution in [0.1, 0.15) is 51.9 Å². The van der Waals surface area contributed by atoms with E-state index in [1.165, 1.54) is 0 Å². The zero-order valence-corrected chi connectivity index (χ0v) is 10.4. The summed E-state index contributed by atoms with van der Waals surface area (Å²) in [5.41, 5.74) is -0.499. The third-order valence-corrected chi connectivity index (χ3v) is 3.24. The number of unbranched alkanes of at least 4 members (excludes halogenated alkanes) is 2. The number of aliphatic carboxylic acids is 1. The highest BCUT2D eigenvalue weighted by molar-refractivity contribution is 5.77. The van der Waals surface area contributed by atoms with Crippen LogP contribution in [-0.4, -0.2) is 29.2 Å². The Morgan fingerprint density at radius 3 is 2.47 bits per heavy atom. The number of urea groups is 1. The number of carbonyl (C=O) groups excluding carboxylic acids is 1. The smallest absolute Gasteiger partial charge is 0.315 e. The van der Waals surface area contributed by atoms with Crippen molar-refractivity contribution in [1.29, 1.82) is 0 Å². The molecule has 0 aromatic heterocycles. The molecule has 98 valence electrons. The Morgan fingerprint density at radius 2 is 2.00 bits per heavy atom. The van der Waals surface area contributed by atoms with Gasteiger partial charge in [0.15, 0.2) is 0 Å². The first-order valence-corrected chi connectivity index (χ1v) is 6.36. The summed E-state index contributed by atoms with van der Waals surface area (Å²) in [6.07, 6.45) is 5.73. The summed E-state index contributed by atoms with van der Waals surface area (Å²) in [6, 6.07) is -0.234. The van der Waals surface area contributed by atoms with Crippen molar-refractivity contribution in [2.45, 2.75) is 57.4 Å². The molecule has 5 nitrogen and oxygen atoms in total. The average Bonchev–Trinajstić information content (AvgIpc) is 2.20. The van der Waals surface area contributed by atoms with Gasteiger partial charge in [-0.1, -0.05) is 19.8 Å². The molecule has 2 amide bonds. The fourth-order valence-corrected chi connectivity index (χ4v) is 2.10. The summed E-state index contributed by atoms with van der Waals surface area (Å²) in [5.74, 6) is -0.851. The van der Waals surface area contributed by atoms with Gasteiger partial charge in [-0.15, -0.1) is 0 Å². The number of amides is 2. The van der Waals surface area contributed by atoms with Gasteiger partial charge in [-0.25, -0.2) is 4.79 Å². The number of carboxylic acids is 1. The van der Waals surface area contributed by atoms with E-state index in [0.717, 1.165) is 38.5 Å². The normalized spacial score (nSPS) is 17.0. The van der Waals surface area contributed by atoms with E-state index in [2.05, 4.69) is 17.6 Å². The van der Waals surface area contributed by atoms with Crippen LogP contribution in [0, 0.1) is 0 Å². The van der Waals surface area contributed by atoms with Gasteiger partial charge in [-0.05, 0) is 25.7 Å². The molecule has 0 aliphatic heterocycles. The largest absolute Gasteiger partial charge is 0.481 e. The van der Waals surface area contributed by atoms with Crippen molar-refractivity contribution in [2.24, 2.45) is 0 Å². The molecule has 0 atom stereocenters. The summed E-state index contributed by atoms with van der Waals surface area (Å²) in [6.45, 7) is 2.76. The van der Waals surface area contributed by atoms with E-state index < -0.39 is 11.5 Å². The first-order valence-electron chi connectivity index (χ1n) is 6.36.